The van der Waals surface area contributed by atoms with Crippen LogP contribution in [0.3, 0.4) is 0 Å². The number of para-hydroxylation sites is 1. The third-order valence-corrected chi connectivity index (χ3v) is 2.75. The quantitative estimate of drug-likeness (QED) is 0.505. The van der Waals surface area contributed by atoms with E-state index in [0.29, 0.717) is 17.1 Å². The zero-order chi connectivity index (χ0) is 14.7. The highest BCUT2D eigenvalue weighted by Crippen LogP contribution is 2.30. The van der Waals surface area contributed by atoms with Crippen LogP contribution in [-0.2, 0) is 0 Å². The summed E-state index contributed by atoms with van der Waals surface area (Å²) in [6, 6.07) is 8.92. The molecule has 0 aliphatic carbocycles. The number of nitrogens with one attached hydrogen (secondary N) is 1. The third kappa shape index (κ3) is 2.59. The lowest BCUT2D eigenvalue weighted by atomic mass is 10.1. The molecule has 2 aromatic rings. The summed E-state index contributed by atoms with van der Waals surface area (Å²) in [6.45, 7) is 0. The number of ether oxygens (including phenoxy) is 1. The predicted molar refractivity (Wildman–Crippen MR) is 75.1 cm³/mol. The SMILES string of the molecule is COc1cc(NC(=O)c2cccc(O)c2O)ccc1N. The molecule has 2 rings (SSSR count). The smallest absolute Gasteiger partial charge is 0.259 e. The molecule has 0 saturated heterocycles. The summed E-state index contributed by atoms with van der Waals surface area (Å²) in [7, 11) is 1.47. The van der Waals surface area contributed by atoms with Gasteiger partial charge in [0.25, 0.3) is 5.91 Å². The van der Waals surface area contributed by atoms with Gasteiger partial charge in [0.05, 0.1) is 18.4 Å². The van der Waals surface area contributed by atoms with E-state index in [2.05, 4.69) is 5.32 Å². The number of benzene rings is 2. The monoisotopic (exact) mass is 274 g/mol. The minimum atomic E-state index is -0.551. The van der Waals surface area contributed by atoms with Crippen molar-refractivity contribution in [2.45, 2.75) is 0 Å². The number of carbonyl (C=O) groups excluding carboxylic acids is 1. The average molecular weight is 274 g/mol. The van der Waals surface area contributed by atoms with Crippen molar-refractivity contribution in [1.29, 1.82) is 0 Å². The van der Waals surface area contributed by atoms with Gasteiger partial charge in [-0.15, -0.1) is 0 Å². The Balaban J connectivity index is 2.26. The molecule has 0 unspecified atom stereocenters. The molecule has 0 aromatic heterocycles. The third-order valence-electron chi connectivity index (χ3n) is 2.75. The van der Waals surface area contributed by atoms with Crippen LogP contribution < -0.4 is 15.8 Å². The molecule has 2 aromatic carbocycles. The molecule has 6 nitrogen and oxygen atoms in total. The number of phenols is 2. The molecule has 0 saturated carbocycles. The molecule has 0 heterocycles. The Kier molecular flexibility index (Phi) is 3.65. The lowest BCUT2D eigenvalue weighted by Gasteiger charge is -2.10. The zero-order valence-corrected chi connectivity index (χ0v) is 10.8. The Labute approximate surface area is 115 Å². The summed E-state index contributed by atoms with van der Waals surface area (Å²) < 4.78 is 5.05. The van der Waals surface area contributed by atoms with Crippen molar-refractivity contribution in [1.82, 2.24) is 0 Å². The first-order valence-electron chi connectivity index (χ1n) is 5.78. The fraction of sp³-hybridized carbons (Fsp3) is 0.0714. The lowest BCUT2D eigenvalue weighted by molar-refractivity contribution is 0.102. The fourth-order valence-corrected chi connectivity index (χ4v) is 1.70. The van der Waals surface area contributed by atoms with Crippen LogP contribution in [0, 0.1) is 0 Å². The fourth-order valence-electron chi connectivity index (χ4n) is 1.70. The van der Waals surface area contributed by atoms with E-state index >= 15 is 0 Å². The van der Waals surface area contributed by atoms with Crippen molar-refractivity contribution in [3.8, 4) is 17.2 Å². The van der Waals surface area contributed by atoms with Gasteiger partial charge in [0.2, 0.25) is 0 Å². The molecule has 0 spiro atoms. The van der Waals surface area contributed by atoms with Crippen LogP contribution in [0.2, 0.25) is 0 Å². The van der Waals surface area contributed by atoms with E-state index in [-0.39, 0.29) is 11.3 Å². The molecule has 6 heteroatoms. The van der Waals surface area contributed by atoms with Crippen LogP contribution in [0.15, 0.2) is 36.4 Å². The van der Waals surface area contributed by atoms with Gasteiger partial charge in [-0.25, -0.2) is 0 Å². The number of methoxy groups -OCH3 is 1. The van der Waals surface area contributed by atoms with E-state index in [4.69, 9.17) is 10.5 Å². The Bertz CT molecular complexity index is 656. The van der Waals surface area contributed by atoms with Gasteiger partial charge in [0.15, 0.2) is 11.5 Å². The molecule has 104 valence electrons. The maximum atomic E-state index is 12.0. The first kappa shape index (κ1) is 13.5. The second-order valence-corrected chi connectivity index (χ2v) is 4.08. The van der Waals surface area contributed by atoms with E-state index in [9.17, 15) is 15.0 Å². The Hall–Kier alpha value is -2.89. The highest BCUT2D eigenvalue weighted by molar-refractivity contribution is 6.06. The lowest BCUT2D eigenvalue weighted by Crippen LogP contribution is -2.12. The van der Waals surface area contributed by atoms with Crippen molar-refractivity contribution in [2.75, 3.05) is 18.2 Å². The number of nitrogen functional groups attached to an aromatic ring is 1. The molecule has 0 fully saturated rings. The number of anilines is 2. The van der Waals surface area contributed by atoms with Crippen molar-refractivity contribution < 1.29 is 19.7 Å². The number of aromatic hydroxyl groups is 2. The number of hydrogen-bond acceptors (Lipinski definition) is 5. The Morgan fingerprint density at radius 2 is 2.00 bits per heavy atom. The minimum Gasteiger partial charge on any atom is -0.504 e. The van der Waals surface area contributed by atoms with E-state index in [1.165, 1.54) is 25.3 Å². The molecule has 5 N–H and O–H groups in total. The molecule has 1 amide bonds. The summed E-state index contributed by atoms with van der Waals surface area (Å²) in [5.74, 6) is -0.937. The highest BCUT2D eigenvalue weighted by Gasteiger charge is 2.14. The van der Waals surface area contributed by atoms with Crippen molar-refractivity contribution in [3.63, 3.8) is 0 Å². The molecular formula is C14H14N2O4. The number of carbonyl (C=O) groups is 1. The summed E-state index contributed by atoms with van der Waals surface area (Å²) in [5.41, 5.74) is 6.56. The van der Waals surface area contributed by atoms with Gasteiger partial charge < -0.3 is 26.0 Å². The van der Waals surface area contributed by atoms with Gasteiger partial charge in [0.1, 0.15) is 5.75 Å². The van der Waals surface area contributed by atoms with Crippen LogP contribution in [0.1, 0.15) is 10.4 Å². The highest BCUT2D eigenvalue weighted by atomic mass is 16.5. The van der Waals surface area contributed by atoms with Crippen LogP contribution in [0.25, 0.3) is 0 Å². The van der Waals surface area contributed by atoms with Gasteiger partial charge in [-0.1, -0.05) is 6.07 Å². The van der Waals surface area contributed by atoms with Gasteiger partial charge in [-0.2, -0.15) is 0 Å². The van der Waals surface area contributed by atoms with E-state index < -0.39 is 11.7 Å². The van der Waals surface area contributed by atoms with Gasteiger partial charge >= 0.3 is 0 Å². The summed E-state index contributed by atoms with van der Waals surface area (Å²) in [4.78, 5) is 12.0. The number of phenolic OH excluding ortho intramolecular Hbond substituents is 2. The molecule has 0 atom stereocenters. The van der Waals surface area contributed by atoms with Crippen molar-refractivity contribution in [2.24, 2.45) is 0 Å². The largest absolute Gasteiger partial charge is 0.504 e. The van der Waals surface area contributed by atoms with Crippen LogP contribution in [-0.4, -0.2) is 23.2 Å². The second-order valence-electron chi connectivity index (χ2n) is 4.08. The number of amides is 1. The second kappa shape index (κ2) is 5.40. The first-order valence-corrected chi connectivity index (χ1v) is 5.78. The number of rotatable bonds is 3. The normalized spacial score (nSPS) is 10.1. The Morgan fingerprint density at radius 1 is 1.25 bits per heavy atom. The topological polar surface area (TPSA) is 105 Å². The maximum absolute atomic E-state index is 12.0. The maximum Gasteiger partial charge on any atom is 0.259 e. The van der Waals surface area contributed by atoms with Crippen molar-refractivity contribution >= 4 is 17.3 Å². The van der Waals surface area contributed by atoms with E-state index in [1.807, 2.05) is 0 Å². The van der Waals surface area contributed by atoms with Crippen LogP contribution in [0.4, 0.5) is 11.4 Å². The van der Waals surface area contributed by atoms with Crippen LogP contribution in [0.5, 0.6) is 17.2 Å². The van der Waals surface area contributed by atoms with Gasteiger partial charge in [-0.05, 0) is 24.3 Å². The van der Waals surface area contributed by atoms with E-state index in [1.54, 1.807) is 18.2 Å². The van der Waals surface area contributed by atoms with Gasteiger partial charge in [0, 0.05) is 11.8 Å². The number of nitrogens with two attached hydrogens (primary N) is 1. The molecule has 20 heavy (non-hydrogen) atoms. The minimum absolute atomic E-state index is 0.0270. The van der Waals surface area contributed by atoms with Crippen LogP contribution >= 0.6 is 0 Å². The molecule has 0 bridgehead atoms. The summed E-state index contributed by atoms with van der Waals surface area (Å²) in [5, 5.41) is 21.6. The van der Waals surface area contributed by atoms with Crippen molar-refractivity contribution in [3.05, 3.63) is 42.0 Å². The average Bonchev–Trinajstić information content (AvgIpc) is 2.43. The molecule has 0 radical (unpaired) electrons. The molecular weight excluding hydrogens is 260 g/mol. The summed E-state index contributed by atoms with van der Waals surface area (Å²) in [6.07, 6.45) is 0. The Morgan fingerprint density at radius 3 is 2.70 bits per heavy atom. The van der Waals surface area contributed by atoms with E-state index in [0.717, 1.165) is 0 Å². The molecule has 0 aliphatic heterocycles. The standard InChI is InChI=1S/C14H14N2O4/c1-20-12-7-8(5-6-10(12)15)16-14(19)9-3-2-4-11(17)13(9)18/h2-7,17-18H,15H2,1H3,(H,16,19). The molecule has 0 aliphatic rings. The zero-order valence-electron chi connectivity index (χ0n) is 10.8. The first-order chi connectivity index (χ1) is 9.52. The predicted octanol–water partition coefficient (Wildman–Crippen LogP) is 1.94. The van der Waals surface area contributed by atoms with Gasteiger partial charge in [-0.3, -0.25) is 4.79 Å². The summed E-state index contributed by atoms with van der Waals surface area (Å²) >= 11 is 0. The number of hydrogen-bond donors (Lipinski definition) is 4.